The van der Waals surface area contributed by atoms with Gasteiger partial charge in [-0.25, -0.2) is 4.39 Å². The standard InChI is InChI=1S/C23H19ClFN3O/c1-14-10-15(2)12-20(11-14)26-21(16-6-8-18(24)9-7-16)23-28-27-22(29-23)17-4-3-5-19(25)13-17/h3-13,21,26H,1-2H3/t21-/m0/s1. The third kappa shape index (κ3) is 4.46. The Labute approximate surface area is 173 Å². The smallest absolute Gasteiger partial charge is 0.247 e. The van der Waals surface area contributed by atoms with Gasteiger partial charge in [-0.15, -0.1) is 10.2 Å². The predicted molar refractivity (Wildman–Crippen MR) is 113 cm³/mol. The monoisotopic (exact) mass is 407 g/mol. The Bertz CT molecular complexity index is 1120. The molecule has 4 aromatic rings. The normalized spacial score (nSPS) is 12.0. The number of benzene rings is 3. The summed E-state index contributed by atoms with van der Waals surface area (Å²) in [5.74, 6) is 0.288. The van der Waals surface area contributed by atoms with Crippen molar-refractivity contribution in [2.45, 2.75) is 19.9 Å². The highest BCUT2D eigenvalue weighted by Crippen LogP contribution is 2.30. The van der Waals surface area contributed by atoms with Crippen molar-refractivity contribution in [3.05, 3.63) is 100 Å². The summed E-state index contributed by atoms with van der Waals surface area (Å²) in [5, 5.41) is 12.5. The van der Waals surface area contributed by atoms with Crippen LogP contribution in [0.4, 0.5) is 10.1 Å². The van der Waals surface area contributed by atoms with E-state index >= 15 is 0 Å². The van der Waals surface area contributed by atoms with Gasteiger partial charge in [0.2, 0.25) is 11.8 Å². The molecule has 29 heavy (non-hydrogen) atoms. The number of aryl methyl sites for hydroxylation is 2. The van der Waals surface area contributed by atoms with Crippen molar-refractivity contribution in [2.75, 3.05) is 5.32 Å². The molecular formula is C23H19ClFN3O. The number of anilines is 1. The van der Waals surface area contributed by atoms with Crippen LogP contribution in [0.5, 0.6) is 0 Å². The topological polar surface area (TPSA) is 51.0 Å². The average molecular weight is 408 g/mol. The second kappa shape index (κ2) is 8.05. The fraction of sp³-hybridized carbons (Fsp3) is 0.130. The minimum atomic E-state index is -0.386. The maximum absolute atomic E-state index is 13.6. The van der Waals surface area contributed by atoms with E-state index in [0.717, 1.165) is 22.4 Å². The van der Waals surface area contributed by atoms with Gasteiger partial charge in [0.05, 0.1) is 0 Å². The van der Waals surface area contributed by atoms with E-state index < -0.39 is 0 Å². The fourth-order valence-corrected chi connectivity index (χ4v) is 3.38. The van der Waals surface area contributed by atoms with E-state index in [4.69, 9.17) is 16.0 Å². The first kappa shape index (κ1) is 19.2. The van der Waals surface area contributed by atoms with Gasteiger partial charge in [0.25, 0.3) is 0 Å². The molecule has 0 bridgehead atoms. The van der Waals surface area contributed by atoms with E-state index in [1.807, 2.05) is 38.1 Å². The molecule has 0 aliphatic rings. The highest BCUT2D eigenvalue weighted by atomic mass is 35.5. The number of rotatable bonds is 5. The maximum atomic E-state index is 13.6. The fourth-order valence-electron chi connectivity index (χ4n) is 3.26. The van der Waals surface area contributed by atoms with E-state index in [2.05, 4.69) is 33.7 Å². The quantitative estimate of drug-likeness (QED) is 0.419. The van der Waals surface area contributed by atoms with Gasteiger partial charge < -0.3 is 9.73 Å². The molecule has 1 atom stereocenters. The van der Waals surface area contributed by atoms with E-state index in [0.29, 0.717) is 16.5 Å². The van der Waals surface area contributed by atoms with Crippen LogP contribution in [0.15, 0.2) is 71.1 Å². The summed E-state index contributed by atoms with van der Waals surface area (Å²) < 4.78 is 19.5. The van der Waals surface area contributed by atoms with Crippen LogP contribution >= 0.6 is 11.6 Å². The van der Waals surface area contributed by atoms with Crippen LogP contribution in [-0.4, -0.2) is 10.2 Å². The molecule has 0 spiro atoms. The number of nitrogens with zero attached hydrogens (tertiary/aromatic N) is 2. The van der Waals surface area contributed by atoms with Crippen molar-refractivity contribution in [1.82, 2.24) is 10.2 Å². The highest BCUT2D eigenvalue weighted by molar-refractivity contribution is 6.30. The molecule has 0 saturated heterocycles. The summed E-state index contributed by atoms with van der Waals surface area (Å²) in [6.07, 6.45) is 0. The Morgan fingerprint density at radius 3 is 2.34 bits per heavy atom. The largest absolute Gasteiger partial charge is 0.418 e. The Balaban J connectivity index is 1.73. The summed E-state index contributed by atoms with van der Waals surface area (Å²) in [6.45, 7) is 4.09. The zero-order valence-electron chi connectivity index (χ0n) is 16.0. The Hall–Kier alpha value is -3.18. The first-order valence-electron chi connectivity index (χ1n) is 9.17. The van der Waals surface area contributed by atoms with Crippen LogP contribution in [-0.2, 0) is 0 Å². The second-order valence-corrected chi connectivity index (χ2v) is 7.40. The molecular weight excluding hydrogens is 389 g/mol. The zero-order valence-corrected chi connectivity index (χ0v) is 16.7. The van der Waals surface area contributed by atoms with Gasteiger partial charge in [0, 0.05) is 16.3 Å². The van der Waals surface area contributed by atoms with Gasteiger partial charge in [0.15, 0.2) is 0 Å². The van der Waals surface area contributed by atoms with Crippen LogP contribution < -0.4 is 5.32 Å². The van der Waals surface area contributed by atoms with E-state index in [-0.39, 0.29) is 17.7 Å². The third-order valence-electron chi connectivity index (χ3n) is 4.50. The lowest BCUT2D eigenvalue weighted by Gasteiger charge is -2.18. The zero-order chi connectivity index (χ0) is 20.4. The van der Waals surface area contributed by atoms with Crippen molar-refractivity contribution >= 4 is 17.3 Å². The van der Waals surface area contributed by atoms with Crippen molar-refractivity contribution in [1.29, 1.82) is 0 Å². The summed E-state index contributed by atoms with van der Waals surface area (Å²) in [4.78, 5) is 0. The lowest BCUT2D eigenvalue weighted by molar-refractivity contribution is 0.493. The van der Waals surface area contributed by atoms with Crippen molar-refractivity contribution in [3.63, 3.8) is 0 Å². The summed E-state index contributed by atoms with van der Waals surface area (Å²) >= 11 is 6.06. The molecule has 0 saturated carbocycles. The summed E-state index contributed by atoms with van der Waals surface area (Å²) in [6, 6.07) is 19.4. The van der Waals surface area contributed by atoms with Crippen molar-refractivity contribution < 1.29 is 8.81 Å². The van der Waals surface area contributed by atoms with Crippen LogP contribution in [0, 0.1) is 19.7 Å². The van der Waals surface area contributed by atoms with E-state index in [9.17, 15) is 4.39 Å². The molecule has 4 nitrogen and oxygen atoms in total. The van der Waals surface area contributed by atoms with Gasteiger partial charge in [-0.2, -0.15) is 0 Å². The number of halogens is 2. The molecule has 1 N–H and O–H groups in total. The molecule has 3 aromatic carbocycles. The van der Waals surface area contributed by atoms with Crippen LogP contribution in [0.25, 0.3) is 11.5 Å². The minimum Gasteiger partial charge on any atom is -0.418 e. The SMILES string of the molecule is Cc1cc(C)cc(N[C@@H](c2ccc(Cl)cc2)c2nnc(-c3cccc(F)c3)o2)c1. The molecule has 146 valence electrons. The highest BCUT2D eigenvalue weighted by Gasteiger charge is 2.22. The summed E-state index contributed by atoms with van der Waals surface area (Å²) in [7, 11) is 0. The number of aromatic nitrogens is 2. The van der Waals surface area contributed by atoms with Gasteiger partial charge in [0.1, 0.15) is 11.9 Å². The van der Waals surface area contributed by atoms with E-state index in [1.165, 1.54) is 12.1 Å². The lowest BCUT2D eigenvalue weighted by atomic mass is 10.1. The molecule has 0 amide bonds. The molecule has 0 aliphatic carbocycles. The molecule has 4 rings (SSSR count). The molecule has 1 heterocycles. The number of hydrogen-bond acceptors (Lipinski definition) is 4. The number of hydrogen-bond donors (Lipinski definition) is 1. The molecule has 0 aliphatic heterocycles. The Morgan fingerprint density at radius 2 is 1.66 bits per heavy atom. The van der Waals surface area contributed by atoms with Crippen LogP contribution in [0.1, 0.15) is 28.6 Å². The molecule has 0 fully saturated rings. The first-order valence-corrected chi connectivity index (χ1v) is 9.55. The Morgan fingerprint density at radius 1 is 0.931 bits per heavy atom. The molecule has 0 radical (unpaired) electrons. The first-order chi connectivity index (χ1) is 14.0. The second-order valence-electron chi connectivity index (χ2n) is 6.96. The lowest BCUT2D eigenvalue weighted by Crippen LogP contribution is -2.13. The maximum Gasteiger partial charge on any atom is 0.247 e. The molecule has 0 unspecified atom stereocenters. The Kier molecular flexibility index (Phi) is 5.32. The van der Waals surface area contributed by atoms with Gasteiger partial charge in [-0.1, -0.05) is 35.9 Å². The average Bonchev–Trinajstić information content (AvgIpc) is 3.16. The van der Waals surface area contributed by atoms with Crippen LogP contribution in [0.2, 0.25) is 5.02 Å². The van der Waals surface area contributed by atoms with Gasteiger partial charge >= 0.3 is 0 Å². The van der Waals surface area contributed by atoms with Crippen molar-refractivity contribution in [2.24, 2.45) is 0 Å². The van der Waals surface area contributed by atoms with Gasteiger partial charge in [-0.05, 0) is 73.0 Å². The number of nitrogens with one attached hydrogen (secondary N) is 1. The minimum absolute atomic E-state index is 0.265. The van der Waals surface area contributed by atoms with Gasteiger partial charge in [-0.3, -0.25) is 0 Å². The predicted octanol–water partition coefficient (Wildman–Crippen LogP) is 6.35. The molecule has 1 aromatic heterocycles. The summed E-state index contributed by atoms with van der Waals surface area (Å²) in [5.41, 5.74) is 4.68. The van der Waals surface area contributed by atoms with E-state index in [1.54, 1.807) is 12.1 Å². The van der Waals surface area contributed by atoms with Crippen molar-refractivity contribution in [3.8, 4) is 11.5 Å². The molecule has 6 heteroatoms. The van der Waals surface area contributed by atoms with Crippen LogP contribution in [0.3, 0.4) is 0 Å². The third-order valence-corrected chi connectivity index (χ3v) is 4.75.